The van der Waals surface area contributed by atoms with Crippen LogP contribution in [0.3, 0.4) is 0 Å². The summed E-state index contributed by atoms with van der Waals surface area (Å²) in [6.07, 6.45) is 4.22. The Morgan fingerprint density at radius 3 is 2.65 bits per heavy atom. The lowest BCUT2D eigenvalue weighted by molar-refractivity contribution is 0.0488. The number of hydrogen-bond donors (Lipinski definition) is 1. The van der Waals surface area contributed by atoms with Crippen molar-refractivity contribution in [1.82, 2.24) is 15.1 Å². The number of hydrogen-bond acceptors (Lipinski definition) is 5. The lowest BCUT2D eigenvalue weighted by Gasteiger charge is -2.30. The predicted octanol–water partition coefficient (Wildman–Crippen LogP) is 3.03. The minimum absolute atomic E-state index is 0.169. The summed E-state index contributed by atoms with van der Waals surface area (Å²) in [5.74, 6) is 1.53. The van der Waals surface area contributed by atoms with Crippen molar-refractivity contribution in [2.24, 2.45) is 5.92 Å². The van der Waals surface area contributed by atoms with Crippen LogP contribution < -0.4 is 0 Å². The normalized spacial score (nSPS) is 21.7. The van der Waals surface area contributed by atoms with E-state index in [0.717, 1.165) is 31.4 Å². The molecule has 1 aromatic carbocycles. The number of aliphatic hydroxyl groups excluding tert-OH is 1. The van der Waals surface area contributed by atoms with E-state index < -0.39 is 0 Å². The maximum absolute atomic E-state index is 10.1. The van der Waals surface area contributed by atoms with E-state index in [1.807, 2.05) is 31.3 Å². The van der Waals surface area contributed by atoms with Crippen molar-refractivity contribution < 1.29 is 9.52 Å². The van der Waals surface area contributed by atoms with Gasteiger partial charge in [-0.05, 0) is 44.9 Å². The van der Waals surface area contributed by atoms with Gasteiger partial charge in [-0.3, -0.25) is 4.90 Å². The second kappa shape index (κ2) is 7.23. The Labute approximate surface area is 137 Å². The van der Waals surface area contributed by atoms with Gasteiger partial charge in [-0.1, -0.05) is 30.5 Å². The van der Waals surface area contributed by atoms with Gasteiger partial charge in [-0.25, -0.2) is 0 Å². The Hall–Kier alpha value is -1.72. The van der Waals surface area contributed by atoms with E-state index in [-0.39, 0.29) is 6.10 Å². The highest BCUT2D eigenvalue weighted by Gasteiger charge is 2.24. The summed E-state index contributed by atoms with van der Waals surface area (Å²) in [6, 6.07) is 8.06. The van der Waals surface area contributed by atoms with Crippen molar-refractivity contribution >= 4 is 0 Å². The molecule has 1 heterocycles. The molecule has 1 aliphatic carbocycles. The molecule has 1 aliphatic rings. The third-order valence-electron chi connectivity index (χ3n) is 4.59. The summed E-state index contributed by atoms with van der Waals surface area (Å²) in [4.78, 5) is 2.16. The van der Waals surface area contributed by atoms with Crippen molar-refractivity contribution in [2.45, 2.75) is 45.3 Å². The average Bonchev–Trinajstić information content (AvgIpc) is 2.98. The summed E-state index contributed by atoms with van der Waals surface area (Å²) < 4.78 is 5.77. The third-order valence-corrected chi connectivity index (χ3v) is 4.59. The molecule has 0 bridgehead atoms. The quantitative estimate of drug-likeness (QED) is 0.919. The van der Waals surface area contributed by atoms with Gasteiger partial charge in [0.25, 0.3) is 0 Å². The molecular weight excluding hydrogens is 290 g/mol. The number of rotatable bonds is 5. The molecule has 2 atom stereocenters. The second-order valence-corrected chi connectivity index (χ2v) is 6.68. The smallest absolute Gasteiger partial charge is 0.247 e. The Morgan fingerprint density at radius 2 is 1.91 bits per heavy atom. The number of nitrogens with zero attached hydrogens (tertiary/aromatic N) is 3. The van der Waals surface area contributed by atoms with Gasteiger partial charge in [0.2, 0.25) is 11.8 Å². The molecule has 0 aliphatic heterocycles. The van der Waals surface area contributed by atoms with Crippen LogP contribution in [0.2, 0.25) is 0 Å². The summed E-state index contributed by atoms with van der Waals surface area (Å²) in [7, 11) is 2.04. The molecule has 23 heavy (non-hydrogen) atoms. The molecule has 3 rings (SSSR count). The zero-order valence-corrected chi connectivity index (χ0v) is 13.9. The molecule has 5 nitrogen and oxygen atoms in total. The molecule has 5 heteroatoms. The maximum atomic E-state index is 10.1. The van der Waals surface area contributed by atoms with Crippen LogP contribution in [-0.4, -0.2) is 39.9 Å². The fraction of sp³-hybridized carbons (Fsp3) is 0.556. The van der Waals surface area contributed by atoms with Gasteiger partial charge in [0.1, 0.15) is 0 Å². The second-order valence-electron chi connectivity index (χ2n) is 6.68. The van der Waals surface area contributed by atoms with Crippen molar-refractivity contribution in [2.75, 3.05) is 13.6 Å². The van der Waals surface area contributed by atoms with Gasteiger partial charge in [-0.15, -0.1) is 10.2 Å². The summed E-state index contributed by atoms with van der Waals surface area (Å²) >= 11 is 0. The van der Waals surface area contributed by atoms with Gasteiger partial charge in [0.15, 0.2) is 0 Å². The monoisotopic (exact) mass is 315 g/mol. The van der Waals surface area contributed by atoms with Crippen molar-refractivity contribution in [3.63, 3.8) is 0 Å². The van der Waals surface area contributed by atoms with Gasteiger partial charge in [0.05, 0.1) is 12.6 Å². The lowest BCUT2D eigenvalue weighted by Crippen LogP contribution is -2.34. The molecule has 124 valence electrons. The molecule has 1 aromatic heterocycles. The van der Waals surface area contributed by atoms with E-state index in [1.165, 1.54) is 12.0 Å². The summed E-state index contributed by atoms with van der Waals surface area (Å²) in [5, 5.41) is 18.4. The van der Waals surface area contributed by atoms with Gasteiger partial charge < -0.3 is 9.52 Å². The minimum Gasteiger partial charge on any atom is -0.419 e. The molecule has 0 radical (unpaired) electrons. The van der Waals surface area contributed by atoms with Crippen LogP contribution in [0.4, 0.5) is 0 Å². The van der Waals surface area contributed by atoms with E-state index in [9.17, 15) is 5.11 Å². The van der Waals surface area contributed by atoms with Crippen LogP contribution in [0.1, 0.15) is 37.1 Å². The maximum Gasteiger partial charge on any atom is 0.247 e. The first-order chi connectivity index (χ1) is 11.1. The Kier molecular flexibility index (Phi) is 5.08. The molecule has 0 saturated heterocycles. The van der Waals surface area contributed by atoms with Crippen molar-refractivity contribution in [3.8, 4) is 11.5 Å². The summed E-state index contributed by atoms with van der Waals surface area (Å²) in [5.41, 5.74) is 2.15. The average molecular weight is 315 g/mol. The first-order valence-electron chi connectivity index (χ1n) is 8.38. The van der Waals surface area contributed by atoms with E-state index in [1.54, 1.807) is 0 Å². The predicted molar refractivity (Wildman–Crippen MR) is 88.8 cm³/mol. The number of aryl methyl sites for hydroxylation is 1. The molecule has 1 fully saturated rings. The summed E-state index contributed by atoms with van der Waals surface area (Å²) in [6.45, 7) is 3.53. The van der Waals surface area contributed by atoms with Crippen molar-refractivity contribution in [3.05, 3.63) is 35.7 Å². The fourth-order valence-corrected chi connectivity index (χ4v) is 3.23. The molecule has 1 saturated carbocycles. The third kappa shape index (κ3) is 4.18. The highest BCUT2D eigenvalue weighted by Crippen LogP contribution is 2.25. The largest absolute Gasteiger partial charge is 0.419 e. The zero-order valence-electron chi connectivity index (χ0n) is 13.9. The molecule has 0 amide bonds. The van der Waals surface area contributed by atoms with Crippen LogP contribution in [0.25, 0.3) is 11.5 Å². The number of aromatic nitrogens is 2. The first-order valence-corrected chi connectivity index (χ1v) is 8.38. The standard InChI is InChI=1S/C18H25N3O2/c1-13-7-9-14(10-8-13)18-20-19-17(23-18)12-21(2)11-15-5-3-4-6-16(15)22/h7-10,15-16,22H,3-6,11-12H2,1-2H3. The molecular formula is C18H25N3O2. The fourth-order valence-electron chi connectivity index (χ4n) is 3.23. The highest BCUT2D eigenvalue weighted by molar-refractivity contribution is 5.52. The highest BCUT2D eigenvalue weighted by atomic mass is 16.4. The minimum atomic E-state index is -0.169. The van der Waals surface area contributed by atoms with Crippen LogP contribution in [0, 0.1) is 12.8 Å². The van der Waals surface area contributed by atoms with Crippen LogP contribution in [-0.2, 0) is 6.54 Å². The molecule has 2 unspecified atom stereocenters. The number of aliphatic hydroxyl groups is 1. The van der Waals surface area contributed by atoms with E-state index >= 15 is 0 Å². The van der Waals surface area contributed by atoms with E-state index in [2.05, 4.69) is 22.0 Å². The van der Waals surface area contributed by atoms with Gasteiger partial charge in [0, 0.05) is 12.1 Å². The Morgan fingerprint density at radius 1 is 1.17 bits per heavy atom. The molecule has 1 N–H and O–H groups in total. The Balaban J connectivity index is 1.58. The SMILES string of the molecule is Cc1ccc(-c2nnc(CN(C)CC3CCCCC3O)o2)cc1. The van der Waals surface area contributed by atoms with Crippen LogP contribution in [0.15, 0.2) is 28.7 Å². The van der Waals surface area contributed by atoms with Gasteiger partial charge in [-0.2, -0.15) is 0 Å². The van der Waals surface area contributed by atoms with Gasteiger partial charge >= 0.3 is 0 Å². The van der Waals surface area contributed by atoms with Crippen molar-refractivity contribution in [1.29, 1.82) is 0 Å². The molecule has 2 aromatic rings. The lowest BCUT2D eigenvalue weighted by atomic mass is 9.86. The molecule has 0 spiro atoms. The van der Waals surface area contributed by atoms with Crippen LogP contribution >= 0.6 is 0 Å². The zero-order chi connectivity index (χ0) is 16.2. The topological polar surface area (TPSA) is 62.4 Å². The van der Waals surface area contributed by atoms with Crippen LogP contribution in [0.5, 0.6) is 0 Å². The van der Waals surface area contributed by atoms with E-state index in [0.29, 0.717) is 24.2 Å². The number of benzene rings is 1. The van der Waals surface area contributed by atoms with E-state index in [4.69, 9.17) is 4.42 Å². The first kappa shape index (κ1) is 16.1. The Bertz CT molecular complexity index is 623.